The number of rotatable bonds is 3. The molecular formula is C11H16N2O3. The molecule has 5 nitrogen and oxygen atoms in total. The van der Waals surface area contributed by atoms with Gasteiger partial charge in [0.15, 0.2) is 0 Å². The van der Waals surface area contributed by atoms with Gasteiger partial charge in [0.2, 0.25) is 0 Å². The second-order valence-electron chi connectivity index (χ2n) is 4.67. The lowest BCUT2D eigenvalue weighted by molar-refractivity contribution is -0.384. The summed E-state index contributed by atoms with van der Waals surface area (Å²) in [5.41, 5.74) is 0.421. The van der Waals surface area contributed by atoms with Crippen LogP contribution >= 0.6 is 0 Å². The van der Waals surface area contributed by atoms with Gasteiger partial charge in [-0.2, -0.15) is 0 Å². The molecule has 0 aliphatic rings. The van der Waals surface area contributed by atoms with E-state index in [9.17, 15) is 15.2 Å². The van der Waals surface area contributed by atoms with E-state index in [1.165, 1.54) is 18.2 Å². The Labute approximate surface area is 94.3 Å². The molecule has 0 radical (unpaired) electrons. The molecule has 16 heavy (non-hydrogen) atoms. The summed E-state index contributed by atoms with van der Waals surface area (Å²) in [5, 5.41) is 23.3. The van der Waals surface area contributed by atoms with Crippen LogP contribution in [0.5, 0.6) is 5.75 Å². The Morgan fingerprint density at radius 3 is 2.56 bits per heavy atom. The fraction of sp³-hybridized carbons (Fsp3) is 0.455. The molecule has 0 saturated carbocycles. The van der Waals surface area contributed by atoms with Gasteiger partial charge in [-0.1, -0.05) is 0 Å². The molecule has 1 rings (SSSR count). The zero-order chi connectivity index (χ0) is 12.3. The Balaban J connectivity index is 2.86. The largest absolute Gasteiger partial charge is 0.508 e. The third kappa shape index (κ3) is 3.51. The molecule has 0 heterocycles. The van der Waals surface area contributed by atoms with Crippen molar-refractivity contribution < 1.29 is 10.0 Å². The van der Waals surface area contributed by atoms with Crippen LogP contribution in [0.3, 0.4) is 0 Å². The molecule has 88 valence electrons. The highest BCUT2D eigenvalue weighted by molar-refractivity contribution is 5.42. The number of phenolic OH excluding ortho intramolecular Hbond substituents is 1. The summed E-state index contributed by atoms with van der Waals surface area (Å²) >= 11 is 0. The van der Waals surface area contributed by atoms with Crippen molar-refractivity contribution in [3.05, 3.63) is 33.9 Å². The lowest BCUT2D eigenvalue weighted by Crippen LogP contribution is -2.35. The summed E-state index contributed by atoms with van der Waals surface area (Å²) in [6, 6.07) is 4.02. The molecular weight excluding hydrogens is 208 g/mol. The van der Waals surface area contributed by atoms with Gasteiger partial charge in [-0.15, -0.1) is 0 Å². The van der Waals surface area contributed by atoms with E-state index in [0.717, 1.165) is 0 Å². The van der Waals surface area contributed by atoms with E-state index in [2.05, 4.69) is 5.32 Å². The quantitative estimate of drug-likeness (QED) is 0.609. The predicted octanol–water partition coefficient (Wildman–Crippen LogP) is 2.19. The van der Waals surface area contributed by atoms with Gasteiger partial charge >= 0.3 is 0 Å². The van der Waals surface area contributed by atoms with Gasteiger partial charge < -0.3 is 10.4 Å². The molecule has 0 aromatic heterocycles. The zero-order valence-electron chi connectivity index (χ0n) is 9.65. The lowest BCUT2D eigenvalue weighted by Gasteiger charge is -2.20. The van der Waals surface area contributed by atoms with Crippen LogP contribution in [-0.4, -0.2) is 15.6 Å². The highest BCUT2D eigenvalue weighted by Crippen LogP contribution is 2.23. The van der Waals surface area contributed by atoms with Crippen molar-refractivity contribution in [1.82, 2.24) is 5.32 Å². The van der Waals surface area contributed by atoms with Crippen LogP contribution in [0.4, 0.5) is 5.69 Å². The maximum absolute atomic E-state index is 10.6. The van der Waals surface area contributed by atoms with Crippen molar-refractivity contribution in [3.63, 3.8) is 0 Å². The van der Waals surface area contributed by atoms with Crippen molar-refractivity contribution in [1.29, 1.82) is 0 Å². The van der Waals surface area contributed by atoms with Gasteiger partial charge in [0.05, 0.1) is 4.92 Å². The van der Waals surface area contributed by atoms with Gasteiger partial charge in [-0.05, 0) is 26.8 Å². The number of nitro benzene ring substituents is 1. The van der Waals surface area contributed by atoms with E-state index in [1.54, 1.807) is 0 Å². The second-order valence-corrected chi connectivity index (χ2v) is 4.67. The summed E-state index contributed by atoms with van der Waals surface area (Å²) in [5.74, 6) is 0.0716. The highest BCUT2D eigenvalue weighted by atomic mass is 16.6. The van der Waals surface area contributed by atoms with E-state index < -0.39 is 4.92 Å². The van der Waals surface area contributed by atoms with E-state index in [0.29, 0.717) is 12.1 Å². The fourth-order valence-electron chi connectivity index (χ4n) is 1.19. The third-order valence-electron chi connectivity index (χ3n) is 2.08. The third-order valence-corrected chi connectivity index (χ3v) is 2.08. The number of phenols is 1. The molecule has 1 aromatic carbocycles. The van der Waals surface area contributed by atoms with Crippen LogP contribution in [-0.2, 0) is 6.54 Å². The maximum Gasteiger partial charge on any atom is 0.270 e. The SMILES string of the molecule is CC(C)(C)NCc1cc([N+](=O)[O-])ccc1O. The van der Waals surface area contributed by atoms with Crippen LogP contribution in [0, 0.1) is 10.1 Å². The van der Waals surface area contributed by atoms with Crippen LogP contribution in [0.25, 0.3) is 0 Å². The monoisotopic (exact) mass is 224 g/mol. The molecule has 0 aliphatic carbocycles. The van der Waals surface area contributed by atoms with Gasteiger partial charge in [0, 0.05) is 29.8 Å². The number of non-ortho nitro benzene ring substituents is 1. The first-order chi connectivity index (χ1) is 7.29. The number of aromatic hydroxyl groups is 1. The normalized spacial score (nSPS) is 11.4. The number of nitro groups is 1. The van der Waals surface area contributed by atoms with Crippen molar-refractivity contribution in [3.8, 4) is 5.75 Å². The Hall–Kier alpha value is -1.62. The highest BCUT2D eigenvalue weighted by Gasteiger charge is 2.13. The average Bonchev–Trinajstić information content (AvgIpc) is 2.14. The van der Waals surface area contributed by atoms with Gasteiger partial charge in [-0.25, -0.2) is 0 Å². The van der Waals surface area contributed by atoms with Gasteiger partial charge in [-0.3, -0.25) is 10.1 Å². The Morgan fingerprint density at radius 2 is 2.06 bits per heavy atom. The first kappa shape index (κ1) is 12.4. The minimum Gasteiger partial charge on any atom is -0.508 e. The Kier molecular flexibility index (Phi) is 3.49. The first-order valence-electron chi connectivity index (χ1n) is 5.01. The maximum atomic E-state index is 10.6. The number of hydrogen-bond donors (Lipinski definition) is 2. The standard InChI is InChI=1S/C11H16N2O3/c1-11(2,3)12-7-8-6-9(13(15)16)4-5-10(8)14/h4-6,12,14H,7H2,1-3H3. The topological polar surface area (TPSA) is 75.4 Å². The molecule has 0 unspecified atom stereocenters. The Bertz CT molecular complexity index is 397. The second kappa shape index (κ2) is 4.49. The molecule has 2 N–H and O–H groups in total. The van der Waals surface area contributed by atoms with E-state index >= 15 is 0 Å². The molecule has 5 heteroatoms. The smallest absolute Gasteiger partial charge is 0.270 e. The molecule has 1 aromatic rings. The van der Waals surface area contributed by atoms with Crippen molar-refractivity contribution in [2.45, 2.75) is 32.9 Å². The predicted molar refractivity (Wildman–Crippen MR) is 61.4 cm³/mol. The average molecular weight is 224 g/mol. The fourth-order valence-corrected chi connectivity index (χ4v) is 1.19. The molecule has 0 atom stereocenters. The molecule has 0 amide bonds. The van der Waals surface area contributed by atoms with Crippen LogP contribution in [0.2, 0.25) is 0 Å². The van der Waals surface area contributed by atoms with Crippen LogP contribution < -0.4 is 5.32 Å². The van der Waals surface area contributed by atoms with Crippen molar-refractivity contribution in [2.75, 3.05) is 0 Å². The zero-order valence-corrected chi connectivity index (χ0v) is 9.65. The van der Waals surface area contributed by atoms with E-state index in [4.69, 9.17) is 0 Å². The number of nitrogens with zero attached hydrogens (tertiary/aromatic N) is 1. The lowest BCUT2D eigenvalue weighted by atomic mass is 10.1. The molecule has 0 bridgehead atoms. The van der Waals surface area contributed by atoms with Crippen molar-refractivity contribution in [2.24, 2.45) is 0 Å². The molecule has 0 spiro atoms. The summed E-state index contributed by atoms with van der Waals surface area (Å²) in [7, 11) is 0. The van der Waals surface area contributed by atoms with Crippen LogP contribution in [0.15, 0.2) is 18.2 Å². The summed E-state index contributed by atoms with van der Waals surface area (Å²) in [6.45, 7) is 6.36. The summed E-state index contributed by atoms with van der Waals surface area (Å²) < 4.78 is 0. The van der Waals surface area contributed by atoms with Crippen molar-refractivity contribution >= 4 is 5.69 Å². The number of benzene rings is 1. The summed E-state index contributed by atoms with van der Waals surface area (Å²) in [6.07, 6.45) is 0. The molecule has 0 fully saturated rings. The van der Waals surface area contributed by atoms with E-state index in [-0.39, 0.29) is 17.0 Å². The molecule has 0 aliphatic heterocycles. The van der Waals surface area contributed by atoms with Crippen LogP contribution in [0.1, 0.15) is 26.3 Å². The summed E-state index contributed by atoms with van der Waals surface area (Å²) in [4.78, 5) is 10.1. The van der Waals surface area contributed by atoms with E-state index in [1.807, 2.05) is 20.8 Å². The minimum atomic E-state index is -0.472. The Morgan fingerprint density at radius 1 is 1.44 bits per heavy atom. The van der Waals surface area contributed by atoms with Gasteiger partial charge in [0.25, 0.3) is 5.69 Å². The minimum absolute atomic E-state index is 0.0106. The molecule has 0 saturated heterocycles. The van der Waals surface area contributed by atoms with Gasteiger partial charge in [0.1, 0.15) is 5.75 Å². The first-order valence-corrected chi connectivity index (χ1v) is 5.01. The number of hydrogen-bond acceptors (Lipinski definition) is 4. The number of nitrogens with one attached hydrogen (secondary N) is 1.